The van der Waals surface area contributed by atoms with E-state index in [0.717, 1.165) is 10.6 Å². The highest BCUT2D eigenvalue weighted by molar-refractivity contribution is 7.09. The largest absolute Gasteiger partial charge is 0.496 e. The Balaban J connectivity index is 1.73. The number of benzene rings is 1. The number of likely N-dealkylation sites (tertiary alicyclic amines) is 1. The molecule has 2 aliphatic rings. The number of rotatable bonds is 6. The van der Waals surface area contributed by atoms with Gasteiger partial charge in [-0.1, -0.05) is 26.8 Å². The Hall–Kier alpha value is -3.24. The average Bonchev–Trinajstić information content (AvgIpc) is 3.71. The lowest BCUT2D eigenvalue weighted by Crippen LogP contribution is -2.58. The van der Waals surface area contributed by atoms with Gasteiger partial charge in [-0.25, -0.2) is 9.78 Å². The van der Waals surface area contributed by atoms with E-state index in [1.807, 2.05) is 50.5 Å². The van der Waals surface area contributed by atoms with Crippen LogP contribution in [0.3, 0.4) is 0 Å². The smallest absolute Gasteiger partial charge is 0.334 e. The molecule has 1 spiro atoms. The Labute approximate surface area is 245 Å². The summed E-state index contributed by atoms with van der Waals surface area (Å²) in [6, 6.07) is 6.87. The predicted molar refractivity (Wildman–Crippen MR) is 156 cm³/mol. The van der Waals surface area contributed by atoms with Gasteiger partial charge < -0.3 is 19.1 Å². The molecule has 2 fully saturated rings. The lowest BCUT2D eigenvalue weighted by atomic mass is 9.76. The van der Waals surface area contributed by atoms with E-state index in [1.54, 1.807) is 35.2 Å². The Morgan fingerprint density at radius 2 is 1.95 bits per heavy atom. The van der Waals surface area contributed by atoms with E-state index >= 15 is 0 Å². The maximum atomic E-state index is 14.9. The monoisotopic (exact) mass is 580 g/mol. The molecule has 3 atom stereocenters. The molecule has 1 aromatic carbocycles. The van der Waals surface area contributed by atoms with Gasteiger partial charge in [-0.05, 0) is 62.8 Å². The van der Waals surface area contributed by atoms with Crippen molar-refractivity contribution in [1.29, 1.82) is 0 Å². The molecule has 4 heterocycles. The second kappa shape index (κ2) is 10.5. The van der Waals surface area contributed by atoms with Crippen LogP contribution in [0.15, 0.2) is 48.2 Å². The number of hydrogen-bond donors (Lipinski definition) is 0. The summed E-state index contributed by atoms with van der Waals surface area (Å²) in [4.78, 5) is 35.8. The highest BCUT2D eigenvalue weighted by Gasteiger charge is 2.67. The Morgan fingerprint density at radius 1 is 1.17 bits per heavy atom. The lowest BCUT2D eigenvalue weighted by molar-refractivity contribution is -0.168. The summed E-state index contributed by atoms with van der Waals surface area (Å²) in [6.07, 6.45) is 6.28. The average molecular weight is 581 g/mol. The van der Waals surface area contributed by atoms with Crippen molar-refractivity contribution in [2.45, 2.75) is 83.5 Å². The molecule has 9 nitrogen and oxygen atoms in total. The number of esters is 1. The first-order chi connectivity index (χ1) is 19.3. The van der Waals surface area contributed by atoms with Crippen molar-refractivity contribution < 1.29 is 23.8 Å². The number of amides is 1. The highest BCUT2D eigenvalue weighted by Crippen LogP contribution is 2.60. The zero-order valence-corrected chi connectivity index (χ0v) is 25.8. The number of ether oxygens (including phenoxy) is 3. The van der Waals surface area contributed by atoms with Crippen LogP contribution < -0.4 is 4.74 Å². The molecule has 2 saturated heterocycles. The topological polar surface area (TPSA) is 95.8 Å². The first kappa shape index (κ1) is 29.3. The van der Waals surface area contributed by atoms with Gasteiger partial charge in [0.2, 0.25) is 0 Å². The lowest BCUT2D eigenvalue weighted by Gasteiger charge is -2.40. The van der Waals surface area contributed by atoms with Crippen molar-refractivity contribution in [1.82, 2.24) is 19.7 Å². The molecule has 1 amide bonds. The number of nitrogens with zero attached hydrogens (tertiary/aromatic N) is 4. The fourth-order valence-corrected chi connectivity index (χ4v) is 7.17. The minimum atomic E-state index is -1.36. The third kappa shape index (κ3) is 5.39. The molecule has 5 rings (SSSR count). The number of thiazole rings is 1. The van der Waals surface area contributed by atoms with Crippen LogP contribution in [0.2, 0.25) is 0 Å². The maximum absolute atomic E-state index is 14.9. The Morgan fingerprint density at radius 3 is 2.51 bits per heavy atom. The van der Waals surface area contributed by atoms with E-state index in [-0.39, 0.29) is 17.9 Å². The summed E-state index contributed by atoms with van der Waals surface area (Å²) < 4.78 is 19.6. The third-order valence-electron chi connectivity index (χ3n) is 8.00. The van der Waals surface area contributed by atoms with Crippen molar-refractivity contribution in [3.8, 4) is 5.75 Å². The molecule has 0 aliphatic carbocycles. The normalized spacial score (nSPS) is 24.7. The molecule has 2 aliphatic heterocycles. The van der Waals surface area contributed by atoms with E-state index in [1.165, 1.54) is 11.3 Å². The van der Waals surface area contributed by atoms with Crippen LogP contribution in [-0.2, 0) is 26.2 Å². The zero-order chi connectivity index (χ0) is 29.6. The van der Waals surface area contributed by atoms with Crippen LogP contribution in [0, 0.1) is 5.41 Å². The van der Waals surface area contributed by atoms with Crippen LogP contribution >= 0.6 is 11.3 Å². The van der Waals surface area contributed by atoms with Crippen molar-refractivity contribution >= 4 is 23.2 Å². The highest BCUT2D eigenvalue weighted by atomic mass is 32.1. The summed E-state index contributed by atoms with van der Waals surface area (Å²) in [5, 5.41) is 7.12. The molecule has 0 saturated carbocycles. The van der Waals surface area contributed by atoms with Crippen molar-refractivity contribution in [2.24, 2.45) is 5.41 Å². The Kier molecular flexibility index (Phi) is 7.53. The number of carbonyl (C=O) groups excluding carboxylic acids is 2. The van der Waals surface area contributed by atoms with Gasteiger partial charge in [0, 0.05) is 41.6 Å². The van der Waals surface area contributed by atoms with Crippen LogP contribution in [-0.4, -0.2) is 63.0 Å². The fraction of sp³-hybridized carbons (Fsp3) is 0.548. The minimum absolute atomic E-state index is 0.140. The molecule has 0 N–H and O–H groups in total. The van der Waals surface area contributed by atoms with E-state index in [2.05, 4.69) is 30.9 Å². The maximum Gasteiger partial charge on any atom is 0.334 e. The molecule has 0 radical (unpaired) electrons. The van der Waals surface area contributed by atoms with Crippen LogP contribution in [0.25, 0.3) is 0 Å². The quantitative estimate of drug-likeness (QED) is 0.359. The van der Waals surface area contributed by atoms with Crippen molar-refractivity contribution in [3.05, 3.63) is 64.4 Å². The number of carbonyl (C=O) groups is 2. The van der Waals surface area contributed by atoms with Gasteiger partial charge in [0.25, 0.3) is 5.91 Å². The van der Waals surface area contributed by atoms with E-state index in [0.29, 0.717) is 37.4 Å². The standard InChI is InChI=1S/C31H40N4O5S/c1-28(2,3)22-10-9-21(17-23(22)38-7)26(36)35-24(25-32-13-16-41-25)30(11-15-39-20-30)18-31(35,19-34-14-8-12-33-34)27(37)40-29(4,5)6/h8-10,12-14,16-17,24H,11,15,18-20H2,1-7H3. The molecule has 10 heteroatoms. The first-order valence-electron chi connectivity index (χ1n) is 14.0. The van der Waals surface area contributed by atoms with Gasteiger partial charge in [0.1, 0.15) is 16.4 Å². The zero-order valence-electron chi connectivity index (χ0n) is 25.0. The van der Waals surface area contributed by atoms with E-state index in [9.17, 15) is 9.59 Å². The second-order valence-corrected chi connectivity index (χ2v) is 14.1. The Bertz CT molecular complexity index is 1380. The number of methoxy groups -OCH3 is 1. The molecule has 3 unspecified atom stereocenters. The van der Waals surface area contributed by atoms with Gasteiger partial charge in [0.15, 0.2) is 5.54 Å². The minimum Gasteiger partial charge on any atom is -0.496 e. The van der Waals surface area contributed by atoms with Crippen LogP contribution in [0.4, 0.5) is 0 Å². The molecular formula is C31H40N4O5S. The number of aromatic nitrogens is 3. The first-order valence-corrected chi connectivity index (χ1v) is 14.9. The van der Waals surface area contributed by atoms with Gasteiger partial charge in [-0.2, -0.15) is 5.10 Å². The summed E-state index contributed by atoms with van der Waals surface area (Å²) >= 11 is 1.48. The van der Waals surface area contributed by atoms with Crippen molar-refractivity contribution in [2.75, 3.05) is 20.3 Å². The second-order valence-electron chi connectivity index (χ2n) is 13.2. The van der Waals surface area contributed by atoms with Crippen LogP contribution in [0.5, 0.6) is 5.75 Å². The molecule has 41 heavy (non-hydrogen) atoms. The molecule has 0 bridgehead atoms. The van der Waals surface area contributed by atoms with Crippen LogP contribution in [0.1, 0.15) is 81.4 Å². The molecule has 3 aromatic rings. The molecular weight excluding hydrogens is 540 g/mol. The summed E-state index contributed by atoms with van der Waals surface area (Å²) in [6.45, 7) is 12.9. The molecule has 2 aromatic heterocycles. The molecule has 220 valence electrons. The van der Waals surface area contributed by atoms with E-state index in [4.69, 9.17) is 14.2 Å². The number of hydrogen-bond acceptors (Lipinski definition) is 8. The summed E-state index contributed by atoms with van der Waals surface area (Å²) in [7, 11) is 1.61. The summed E-state index contributed by atoms with van der Waals surface area (Å²) in [5.41, 5.74) is -1.41. The SMILES string of the molecule is COc1cc(C(=O)N2C(c3nccs3)C3(CCOC3)CC2(Cn2cccn2)C(=O)OC(C)(C)C)ccc1C(C)(C)C. The van der Waals surface area contributed by atoms with Gasteiger partial charge in [-0.3, -0.25) is 9.48 Å². The van der Waals surface area contributed by atoms with Gasteiger partial charge in [0.05, 0.1) is 26.3 Å². The fourth-order valence-electron chi connectivity index (χ4n) is 6.30. The van der Waals surface area contributed by atoms with E-state index < -0.39 is 28.6 Å². The van der Waals surface area contributed by atoms with Gasteiger partial charge >= 0.3 is 5.97 Å². The van der Waals surface area contributed by atoms with Crippen molar-refractivity contribution in [3.63, 3.8) is 0 Å². The van der Waals surface area contributed by atoms with Gasteiger partial charge in [-0.15, -0.1) is 11.3 Å². The predicted octanol–water partition coefficient (Wildman–Crippen LogP) is 5.42. The summed E-state index contributed by atoms with van der Waals surface area (Å²) in [5.74, 6) is -0.120. The third-order valence-corrected chi connectivity index (χ3v) is 8.83.